The van der Waals surface area contributed by atoms with Crippen LogP contribution in [0, 0.1) is 5.82 Å². The number of aromatic nitrogens is 1. The molecule has 0 aliphatic carbocycles. The van der Waals surface area contributed by atoms with Crippen molar-refractivity contribution in [3.8, 4) is 0 Å². The molecule has 1 aromatic heterocycles. The van der Waals surface area contributed by atoms with Crippen molar-refractivity contribution in [3.63, 3.8) is 0 Å². The van der Waals surface area contributed by atoms with Gasteiger partial charge in [0.05, 0.1) is 31.1 Å². The predicted octanol–water partition coefficient (Wildman–Crippen LogP) is 5.44. The molecule has 3 atom stereocenters. The summed E-state index contributed by atoms with van der Waals surface area (Å²) >= 11 is 1.28. The smallest absolute Gasteiger partial charge is 0.410 e. The summed E-state index contributed by atoms with van der Waals surface area (Å²) < 4.78 is 19.3. The first kappa shape index (κ1) is 30.9. The van der Waals surface area contributed by atoms with Crippen LogP contribution >= 0.6 is 11.8 Å². The van der Waals surface area contributed by atoms with Crippen LogP contribution in [0.15, 0.2) is 108 Å². The van der Waals surface area contributed by atoms with Gasteiger partial charge in [-0.1, -0.05) is 66.4 Å². The Balaban J connectivity index is 1.14. The number of carbonyl (C=O) groups excluding carboxylic acids is 3. The molecule has 2 fully saturated rings. The highest BCUT2D eigenvalue weighted by molar-refractivity contribution is 8.15. The Bertz CT molecular complexity index is 1740. The minimum Gasteiger partial charge on any atom is -0.445 e. The number of amidine groups is 1. The minimum absolute atomic E-state index is 0.0132. The molecule has 46 heavy (non-hydrogen) atoms. The molecule has 12 heteroatoms. The largest absolute Gasteiger partial charge is 0.445 e. The first-order valence-electron chi connectivity index (χ1n) is 14.6. The number of likely N-dealkylation sites (tertiary alicyclic amines) is 1. The second-order valence-electron chi connectivity index (χ2n) is 10.9. The van der Waals surface area contributed by atoms with Crippen LogP contribution in [0.1, 0.15) is 28.4 Å². The number of pyridine rings is 1. The quantitative estimate of drug-likeness (QED) is 0.263. The highest BCUT2D eigenvalue weighted by atomic mass is 32.2. The maximum absolute atomic E-state index is 13.9. The van der Waals surface area contributed by atoms with E-state index in [9.17, 15) is 23.9 Å². The van der Waals surface area contributed by atoms with Gasteiger partial charge in [0.15, 0.2) is 5.17 Å². The van der Waals surface area contributed by atoms with Crippen molar-refractivity contribution in [3.05, 3.63) is 126 Å². The van der Waals surface area contributed by atoms with E-state index in [0.717, 1.165) is 5.56 Å². The van der Waals surface area contributed by atoms with Gasteiger partial charge in [-0.25, -0.2) is 14.2 Å². The zero-order valence-electron chi connectivity index (χ0n) is 24.5. The summed E-state index contributed by atoms with van der Waals surface area (Å²) in [5.74, 6) is -1.06. The Morgan fingerprint density at radius 2 is 1.80 bits per heavy atom. The second-order valence-corrected chi connectivity index (χ2v) is 11.9. The molecule has 2 aliphatic rings. The number of nitrogens with one attached hydrogen (secondary N) is 1. The lowest BCUT2D eigenvalue weighted by Gasteiger charge is -2.23. The van der Waals surface area contributed by atoms with Crippen molar-refractivity contribution in [2.45, 2.75) is 37.0 Å². The zero-order valence-corrected chi connectivity index (χ0v) is 25.3. The van der Waals surface area contributed by atoms with Gasteiger partial charge in [0.1, 0.15) is 23.7 Å². The lowest BCUT2D eigenvalue weighted by molar-refractivity contribution is -0.126. The molecule has 3 aromatic carbocycles. The standard InChI is InChI=1S/C34H30FN5O5S/c35-25-9-4-8-23(16-25)19-40-32(43)30(46-33(40)38-27-10-5-15-36-18-27)24-11-13-26(14-12-24)37-31(42)29-17-28(41)20-39(29)34(44)45-21-22-6-2-1-3-7-22/h1-16,18,28-30,41H,17,19-21H2,(H,37,42)/t28-,29+,30?/m1/s1. The fourth-order valence-electron chi connectivity index (χ4n) is 5.28. The highest BCUT2D eigenvalue weighted by Crippen LogP contribution is 2.41. The third kappa shape index (κ3) is 7.24. The molecule has 0 bridgehead atoms. The molecular formula is C34H30FN5O5S. The normalized spacial score (nSPS) is 20.3. The Hall–Kier alpha value is -5.07. The van der Waals surface area contributed by atoms with E-state index in [1.807, 2.05) is 30.3 Å². The van der Waals surface area contributed by atoms with Gasteiger partial charge in [-0.2, -0.15) is 0 Å². The summed E-state index contributed by atoms with van der Waals surface area (Å²) in [4.78, 5) is 51.2. The van der Waals surface area contributed by atoms with Crippen molar-refractivity contribution >= 4 is 46.2 Å². The maximum Gasteiger partial charge on any atom is 0.410 e. The lowest BCUT2D eigenvalue weighted by atomic mass is 10.1. The number of ether oxygens (including phenoxy) is 1. The fraction of sp³-hybridized carbons (Fsp3) is 0.206. The summed E-state index contributed by atoms with van der Waals surface area (Å²) in [5, 5.41) is 12.9. The van der Waals surface area contributed by atoms with Crippen molar-refractivity contribution < 1.29 is 28.6 Å². The van der Waals surface area contributed by atoms with Crippen LogP contribution in [0.2, 0.25) is 0 Å². The van der Waals surface area contributed by atoms with Crippen molar-refractivity contribution in [1.82, 2.24) is 14.8 Å². The number of hydrogen-bond acceptors (Lipinski definition) is 8. The first-order chi connectivity index (χ1) is 22.3. The van der Waals surface area contributed by atoms with Crippen LogP contribution in [0.25, 0.3) is 0 Å². The van der Waals surface area contributed by atoms with Crippen LogP contribution in [0.5, 0.6) is 0 Å². The SMILES string of the molecule is O=C(Nc1ccc(C2SC(=Nc3cccnc3)N(Cc3cccc(F)c3)C2=O)cc1)[C@@H]1C[C@@H](O)CN1C(=O)OCc1ccccc1. The molecule has 2 saturated heterocycles. The third-order valence-corrected chi connectivity index (χ3v) is 8.78. The van der Waals surface area contributed by atoms with E-state index in [0.29, 0.717) is 27.7 Å². The van der Waals surface area contributed by atoms with Gasteiger partial charge in [0.25, 0.3) is 0 Å². The number of aliphatic imine (C=N–C) groups is 1. The number of amides is 3. The van der Waals surface area contributed by atoms with E-state index in [2.05, 4.69) is 15.3 Å². The second kappa shape index (κ2) is 13.9. The molecule has 6 rings (SSSR count). The van der Waals surface area contributed by atoms with E-state index in [1.165, 1.54) is 33.7 Å². The molecule has 4 aromatic rings. The molecule has 3 amide bonds. The molecule has 3 heterocycles. The van der Waals surface area contributed by atoms with E-state index in [4.69, 9.17) is 4.74 Å². The number of benzene rings is 3. The summed E-state index contributed by atoms with van der Waals surface area (Å²) in [6.07, 6.45) is 1.77. The Kier molecular flexibility index (Phi) is 9.36. The van der Waals surface area contributed by atoms with E-state index in [1.54, 1.807) is 60.9 Å². The number of thioether (sulfide) groups is 1. The number of halogens is 1. The molecule has 2 aliphatic heterocycles. The Morgan fingerprint density at radius 3 is 2.54 bits per heavy atom. The van der Waals surface area contributed by atoms with Gasteiger partial charge in [-0.3, -0.25) is 24.4 Å². The number of hydrogen-bond donors (Lipinski definition) is 2. The van der Waals surface area contributed by atoms with Gasteiger partial charge in [0.2, 0.25) is 11.8 Å². The van der Waals surface area contributed by atoms with Gasteiger partial charge < -0.3 is 15.2 Å². The number of β-amino-alcohol motifs (C(OH)–C–C–N with tert-alkyl or cyclic N) is 1. The number of anilines is 1. The topological polar surface area (TPSA) is 124 Å². The van der Waals surface area contributed by atoms with Crippen LogP contribution in [-0.4, -0.2) is 61.7 Å². The molecule has 234 valence electrons. The average molecular weight is 640 g/mol. The molecule has 0 saturated carbocycles. The first-order valence-corrected chi connectivity index (χ1v) is 15.5. The van der Waals surface area contributed by atoms with Gasteiger partial charge in [-0.05, 0) is 53.1 Å². The maximum atomic E-state index is 13.9. The summed E-state index contributed by atoms with van der Waals surface area (Å²) in [6.45, 7) is 0.180. The van der Waals surface area contributed by atoms with Crippen molar-refractivity contribution in [2.24, 2.45) is 4.99 Å². The zero-order chi connectivity index (χ0) is 32.0. The predicted molar refractivity (Wildman–Crippen MR) is 171 cm³/mol. The van der Waals surface area contributed by atoms with Crippen LogP contribution in [-0.2, 0) is 27.5 Å². The van der Waals surface area contributed by atoms with E-state index >= 15 is 0 Å². The monoisotopic (exact) mass is 639 g/mol. The summed E-state index contributed by atoms with van der Waals surface area (Å²) in [7, 11) is 0. The number of aliphatic hydroxyl groups is 1. The van der Waals surface area contributed by atoms with Gasteiger partial charge in [-0.15, -0.1) is 0 Å². The highest BCUT2D eigenvalue weighted by Gasteiger charge is 2.41. The molecular weight excluding hydrogens is 609 g/mol. The van der Waals surface area contributed by atoms with E-state index < -0.39 is 35.2 Å². The Labute approximate surface area is 268 Å². The summed E-state index contributed by atoms with van der Waals surface area (Å²) in [6, 6.07) is 24.7. The van der Waals surface area contributed by atoms with Crippen LogP contribution < -0.4 is 5.32 Å². The molecule has 0 spiro atoms. The lowest BCUT2D eigenvalue weighted by Crippen LogP contribution is -2.43. The summed E-state index contributed by atoms with van der Waals surface area (Å²) in [5.41, 5.74) is 3.17. The Morgan fingerprint density at radius 1 is 1.02 bits per heavy atom. The van der Waals surface area contributed by atoms with Crippen molar-refractivity contribution in [1.29, 1.82) is 0 Å². The molecule has 10 nitrogen and oxygen atoms in total. The average Bonchev–Trinajstić information content (AvgIpc) is 3.61. The molecule has 1 unspecified atom stereocenters. The van der Waals surface area contributed by atoms with Crippen LogP contribution in [0.3, 0.4) is 0 Å². The van der Waals surface area contributed by atoms with E-state index in [-0.39, 0.29) is 32.0 Å². The molecule has 2 N–H and O–H groups in total. The van der Waals surface area contributed by atoms with Gasteiger partial charge >= 0.3 is 6.09 Å². The number of aliphatic hydroxyl groups excluding tert-OH is 1. The fourth-order valence-corrected chi connectivity index (χ4v) is 6.45. The van der Waals surface area contributed by atoms with Crippen molar-refractivity contribution in [2.75, 3.05) is 11.9 Å². The minimum atomic E-state index is -0.910. The number of rotatable bonds is 8. The van der Waals surface area contributed by atoms with Gasteiger partial charge in [0, 0.05) is 18.3 Å². The number of carbonyl (C=O) groups is 3. The number of nitrogens with zero attached hydrogens (tertiary/aromatic N) is 4. The van der Waals surface area contributed by atoms with Crippen LogP contribution in [0.4, 0.5) is 20.6 Å². The third-order valence-electron chi connectivity index (χ3n) is 7.55. The molecule has 0 radical (unpaired) electrons.